The molecule has 11 heavy (non-hydrogen) atoms. The average molecular weight is 156 g/mol. The van der Waals surface area contributed by atoms with Crippen molar-refractivity contribution in [1.29, 1.82) is 0 Å². The van der Waals surface area contributed by atoms with Gasteiger partial charge < -0.3 is 5.11 Å². The molecule has 0 saturated carbocycles. The van der Waals surface area contributed by atoms with E-state index in [-0.39, 0.29) is 6.10 Å². The Labute approximate surface area is 67.9 Å². The molecule has 0 spiro atoms. The fourth-order valence-corrected chi connectivity index (χ4v) is 0.778. The predicted octanol–water partition coefficient (Wildman–Crippen LogP) is 1.54. The Morgan fingerprint density at radius 3 is 2.64 bits per heavy atom. The minimum absolute atomic E-state index is 0.309. The van der Waals surface area contributed by atoms with Gasteiger partial charge in [0.2, 0.25) is 0 Å². The van der Waals surface area contributed by atoms with E-state index in [0.717, 1.165) is 12.7 Å². The van der Waals surface area contributed by atoms with Crippen molar-refractivity contribution in [2.24, 2.45) is 5.92 Å². The Hall–Kier alpha value is -0.630. The number of aliphatic hydroxyl groups is 1. The van der Waals surface area contributed by atoms with Crippen molar-refractivity contribution in [1.82, 2.24) is 0 Å². The standard InChI is InChI=1S/C9H16O2/c1-3-8(2)9(11)6-4-5-7-10/h4-5,7-9,11H,3,6H2,1-2H3/b5-4+. The first-order valence-corrected chi connectivity index (χ1v) is 4.00. The van der Waals surface area contributed by atoms with Crippen molar-refractivity contribution in [3.63, 3.8) is 0 Å². The number of carbonyl (C=O) groups excluding carboxylic acids is 1. The van der Waals surface area contributed by atoms with Crippen LogP contribution in [0.1, 0.15) is 26.7 Å². The summed E-state index contributed by atoms with van der Waals surface area (Å²) in [6, 6.07) is 0. The van der Waals surface area contributed by atoms with Crippen LogP contribution in [0, 0.1) is 5.92 Å². The summed E-state index contributed by atoms with van der Waals surface area (Å²) < 4.78 is 0. The quantitative estimate of drug-likeness (QED) is 0.484. The van der Waals surface area contributed by atoms with Gasteiger partial charge >= 0.3 is 0 Å². The van der Waals surface area contributed by atoms with Gasteiger partial charge in [-0.1, -0.05) is 26.3 Å². The van der Waals surface area contributed by atoms with E-state index >= 15 is 0 Å². The lowest BCUT2D eigenvalue weighted by atomic mass is 9.99. The molecule has 64 valence electrons. The number of aldehydes is 1. The van der Waals surface area contributed by atoms with Crippen LogP contribution in [0.5, 0.6) is 0 Å². The molecule has 0 aliphatic rings. The highest BCUT2D eigenvalue weighted by molar-refractivity contribution is 5.64. The molecular weight excluding hydrogens is 140 g/mol. The highest BCUT2D eigenvalue weighted by Gasteiger charge is 2.09. The van der Waals surface area contributed by atoms with E-state index in [9.17, 15) is 9.90 Å². The summed E-state index contributed by atoms with van der Waals surface area (Å²) >= 11 is 0. The molecule has 0 amide bonds. The Bertz CT molecular complexity index is 130. The van der Waals surface area contributed by atoms with Gasteiger partial charge in [0, 0.05) is 0 Å². The predicted molar refractivity (Wildman–Crippen MR) is 45.3 cm³/mol. The van der Waals surface area contributed by atoms with Crippen LogP contribution in [0.15, 0.2) is 12.2 Å². The third-order valence-corrected chi connectivity index (χ3v) is 1.89. The van der Waals surface area contributed by atoms with Crippen LogP contribution in [0.4, 0.5) is 0 Å². The molecule has 0 aliphatic carbocycles. The van der Waals surface area contributed by atoms with Gasteiger partial charge in [0.05, 0.1) is 6.10 Å². The zero-order chi connectivity index (χ0) is 8.69. The van der Waals surface area contributed by atoms with E-state index in [1.807, 2.05) is 13.8 Å². The fraction of sp³-hybridized carbons (Fsp3) is 0.667. The number of carbonyl (C=O) groups is 1. The third kappa shape index (κ3) is 4.73. The minimum atomic E-state index is -0.309. The van der Waals surface area contributed by atoms with Crippen molar-refractivity contribution >= 4 is 6.29 Å². The van der Waals surface area contributed by atoms with E-state index in [1.54, 1.807) is 6.08 Å². The average Bonchev–Trinajstić information content (AvgIpc) is 2.03. The van der Waals surface area contributed by atoms with Crippen molar-refractivity contribution in [2.45, 2.75) is 32.8 Å². The zero-order valence-corrected chi connectivity index (χ0v) is 7.16. The van der Waals surface area contributed by atoms with Crippen LogP contribution >= 0.6 is 0 Å². The SMILES string of the molecule is CCC(C)C(O)C/C=C/C=O. The van der Waals surface area contributed by atoms with Crippen molar-refractivity contribution in [3.8, 4) is 0 Å². The second kappa shape index (κ2) is 6.10. The Morgan fingerprint density at radius 1 is 1.55 bits per heavy atom. The molecule has 1 N–H and O–H groups in total. The fourth-order valence-electron chi connectivity index (χ4n) is 0.778. The van der Waals surface area contributed by atoms with E-state index in [0.29, 0.717) is 12.3 Å². The summed E-state index contributed by atoms with van der Waals surface area (Å²) in [5.74, 6) is 0.311. The molecular formula is C9H16O2. The van der Waals surface area contributed by atoms with Crippen LogP contribution in [-0.2, 0) is 4.79 Å². The smallest absolute Gasteiger partial charge is 0.142 e. The first kappa shape index (κ1) is 10.4. The Morgan fingerprint density at radius 2 is 2.18 bits per heavy atom. The lowest BCUT2D eigenvalue weighted by Crippen LogP contribution is -2.15. The molecule has 0 rings (SSSR count). The summed E-state index contributed by atoms with van der Waals surface area (Å²) in [7, 11) is 0. The normalized spacial score (nSPS) is 16.6. The molecule has 0 aliphatic heterocycles. The van der Waals surface area contributed by atoms with Crippen molar-refractivity contribution in [2.75, 3.05) is 0 Å². The van der Waals surface area contributed by atoms with Gasteiger partial charge in [0.25, 0.3) is 0 Å². The highest BCUT2D eigenvalue weighted by atomic mass is 16.3. The van der Waals surface area contributed by atoms with Crippen LogP contribution < -0.4 is 0 Å². The second-order valence-corrected chi connectivity index (χ2v) is 2.75. The molecule has 0 bridgehead atoms. The summed E-state index contributed by atoms with van der Waals surface area (Å²) in [4.78, 5) is 9.86. The molecule has 2 unspecified atom stereocenters. The second-order valence-electron chi connectivity index (χ2n) is 2.75. The van der Waals surface area contributed by atoms with Crippen molar-refractivity contribution in [3.05, 3.63) is 12.2 Å². The summed E-state index contributed by atoms with van der Waals surface area (Å²) in [6.07, 6.45) is 5.08. The molecule has 2 nitrogen and oxygen atoms in total. The summed E-state index contributed by atoms with van der Waals surface area (Å²) in [5.41, 5.74) is 0. The van der Waals surface area contributed by atoms with E-state index < -0.39 is 0 Å². The zero-order valence-electron chi connectivity index (χ0n) is 7.16. The number of hydrogen-bond donors (Lipinski definition) is 1. The van der Waals surface area contributed by atoms with Crippen LogP contribution in [0.2, 0.25) is 0 Å². The van der Waals surface area contributed by atoms with Gasteiger partial charge in [-0.25, -0.2) is 0 Å². The summed E-state index contributed by atoms with van der Waals surface area (Å²) in [6.45, 7) is 4.04. The maximum atomic E-state index is 9.86. The lowest BCUT2D eigenvalue weighted by Gasteiger charge is -2.14. The highest BCUT2D eigenvalue weighted by Crippen LogP contribution is 2.10. The monoisotopic (exact) mass is 156 g/mol. The summed E-state index contributed by atoms with van der Waals surface area (Å²) in [5, 5.41) is 9.38. The van der Waals surface area contributed by atoms with Gasteiger partial charge in [-0.3, -0.25) is 4.79 Å². The topological polar surface area (TPSA) is 37.3 Å². The van der Waals surface area contributed by atoms with Crippen LogP contribution in [0.3, 0.4) is 0 Å². The Balaban J connectivity index is 3.58. The van der Waals surface area contributed by atoms with E-state index in [1.165, 1.54) is 6.08 Å². The lowest BCUT2D eigenvalue weighted by molar-refractivity contribution is -0.104. The van der Waals surface area contributed by atoms with Gasteiger partial charge in [-0.2, -0.15) is 0 Å². The largest absolute Gasteiger partial charge is 0.393 e. The van der Waals surface area contributed by atoms with E-state index in [4.69, 9.17) is 0 Å². The maximum absolute atomic E-state index is 9.86. The molecule has 0 fully saturated rings. The number of hydrogen-bond acceptors (Lipinski definition) is 2. The molecule has 0 aromatic carbocycles. The molecule has 2 heteroatoms. The van der Waals surface area contributed by atoms with Crippen LogP contribution in [0.25, 0.3) is 0 Å². The molecule has 0 heterocycles. The minimum Gasteiger partial charge on any atom is -0.393 e. The molecule has 2 atom stereocenters. The van der Waals surface area contributed by atoms with Gasteiger partial charge in [0.15, 0.2) is 0 Å². The van der Waals surface area contributed by atoms with Gasteiger partial charge in [-0.15, -0.1) is 0 Å². The van der Waals surface area contributed by atoms with Gasteiger partial charge in [-0.05, 0) is 18.4 Å². The molecule has 0 aromatic rings. The molecule has 0 aromatic heterocycles. The van der Waals surface area contributed by atoms with Gasteiger partial charge in [0.1, 0.15) is 6.29 Å². The third-order valence-electron chi connectivity index (χ3n) is 1.89. The number of aliphatic hydroxyl groups excluding tert-OH is 1. The van der Waals surface area contributed by atoms with Crippen LogP contribution in [-0.4, -0.2) is 17.5 Å². The molecule has 0 saturated heterocycles. The molecule has 0 radical (unpaired) electrons. The maximum Gasteiger partial charge on any atom is 0.142 e. The Kier molecular flexibility index (Phi) is 5.75. The number of allylic oxidation sites excluding steroid dienone is 1. The first-order valence-electron chi connectivity index (χ1n) is 4.00. The first-order chi connectivity index (χ1) is 5.22. The number of rotatable bonds is 5. The van der Waals surface area contributed by atoms with Crippen molar-refractivity contribution < 1.29 is 9.90 Å². The van der Waals surface area contributed by atoms with E-state index in [2.05, 4.69) is 0 Å².